The van der Waals surface area contributed by atoms with Crippen molar-refractivity contribution < 1.29 is 28.3 Å². The van der Waals surface area contributed by atoms with Gasteiger partial charge in [-0.3, -0.25) is 14.9 Å². The van der Waals surface area contributed by atoms with Gasteiger partial charge in [0.2, 0.25) is 5.88 Å². The van der Waals surface area contributed by atoms with E-state index in [1.807, 2.05) is 0 Å². The minimum atomic E-state index is -0.683. The van der Waals surface area contributed by atoms with Crippen LogP contribution < -0.4 is 19.5 Å². The van der Waals surface area contributed by atoms with Crippen molar-refractivity contribution >= 4 is 17.2 Å². The summed E-state index contributed by atoms with van der Waals surface area (Å²) in [5.74, 6) is -0.249. The maximum Gasteiger partial charge on any atom is 0.286 e. The van der Waals surface area contributed by atoms with Gasteiger partial charge < -0.3 is 19.5 Å². The summed E-state index contributed by atoms with van der Waals surface area (Å²) >= 11 is 0. The zero-order valence-electron chi connectivity index (χ0n) is 18.6. The van der Waals surface area contributed by atoms with E-state index in [1.165, 1.54) is 36.9 Å². The van der Waals surface area contributed by atoms with Gasteiger partial charge in [-0.15, -0.1) is 15.3 Å². The first-order chi connectivity index (χ1) is 16.9. The fraction of sp³-hybridized carbons (Fsp3) is 0.182. The Morgan fingerprint density at radius 3 is 2.60 bits per heavy atom. The molecule has 0 fully saturated rings. The standard InChI is InChI=1S/C22H19FN6O6/c1-33-17-11-15(16(29(31)32)12-18(17)34-2)22(30)24-8-9-35-20-7-6-19-25-26-21(28(19)27-20)13-4-3-5-14(23)10-13/h3-7,10-12H,8-9H2,1-2H3,(H,24,30). The largest absolute Gasteiger partial charge is 0.493 e. The van der Waals surface area contributed by atoms with Crippen molar-refractivity contribution in [2.24, 2.45) is 0 Å². The molecule has 0 bridgehead atoms. The quantitative estimate of drug-likeness (QED) is 0.216. The van der Waals surface area contributed by atoms with Crippen LogP contribution in [0.25, 0.3) is 17.0 Å². The third-order valence-electron chi connectivity index (χ3n) is 4.90. The van der Waals surface area contributed by atoms with E-state index in [9.17, 15) is 19.3 Å². The third-order valence-corrected chi connectivity index (χ3v) is 4.90. The Balaban J connectivity index is 1.44. The van der Waals surface area contributed by atoms with E-state index in [1.54, 1.807) is 24.3 Å². The van der Waals surface area contributed by atoms with E-state index in [0.717, 1.165) is 6.07 Å². The van der Waals surface area contributed by atoms with E-state index >= 15 is 0 Å². The van der Waals surface area contributed by atoms with Crippen molar-refractivity contribution in [3.8, 4) is 28.8 Å². The molecule has 2 aromatic carbocycles. The number of carbonyl (C=O) groups is 1. The second kappa shape index (κ2) is 9.99. The number of aromatic nitrogens is 4. The number of carbonyl (C=O) groups excluding carboxylic acids is 1. The van der Waals surface area contributed by atoms with E-state index in [4.69, 9.17) is 14.2 Å². The summed E-state index contributed by atoms with van der Waals surface area (Å²) in [7, 11) is 2.70. The van der Waals surface area contributed by atoms with Gasteiger partial charge in [-0.05, 0) is 18.2 Å². The van der Waals surface area contributed by atoms with Crippen LogP contribution >= 0.6 is 0 Å². The zero-order chi connectivity index (χ0) is 24.9. The number of benzene rings is 2. The predicted molar refractivity (Wildman–Crippen MR) is 120 cm³/mol. The van der Waals surface area contributed by atoms with Crippen LogP contribution in [0.1, 0.15) is 10.4 Å². The van der Waals surface area contributed by atoms with Crippen LogP contribution in [0, 0.1) is 15.9 Å². The van der Waals surface area contributed by atoms with Crippen LogP contribution in [0.2, 0.25) is 0 Å². The topological polar surface area (TPSA) is 143 Å². The fourth-order valence-electron chi connectivity index (χ4n) is 3.27. The molecule has 1 amide bonds. The van der Waals surface area contributed by atoms with Crippen LogP contribution in [-0.2, 0) is 0 Å². The molecule has 0 aliphatic rings. The van der Waals surface area contributed by atoms with Crippen molar-refractivity contribution in [1.29, 1.82) is 0 Å². The summed E-state index contributed by atoms with van der Waals surface area (Å²) in [5, 5.41) is 26.3. The van der Waals surface area contributed by atoms with Gasteiger partial charge in [0.1, 0.15) is 18.0 Å². The minimum absolute atomic E-state index is 0.0166. The predicted octanol–water partition coefficient (Wildman–Crippen LogP) is 2.66. The minimum Gasteiger partial charge on any atom is -0.493 e. The summed E-state index contributed by atoms with van der Waals surface area (Å²) in [6.07, 6.45) is 0. The van der Waals surface area contributed by atoms with E-state index in [0.29, 0.717) is 17.0 Å². The Hall–Kier alpha value is -4.81. The maximum absolute atomic E-state index is 13.6. The molecule has 13 heteroatoms. The number of rotatable bonds is 9. The molecule has 0 saturated carbocycles. The monoisotopic (exact) mass is 482 g/mol. The van der Waals surface area contributed by atoms with Crippen LogP contribution in [0.5, 0.6) is 17.4 Å². The molecule has 0 saturated heterocycles. The maximum atomic E-state index is 13.6. The smallest absolute Gasteiger partial charge is 0.286 e. The van der Waals surface area contributed by atoms with Gasteiger partial charge in [0.05, 0.1) is 31.8 Å². The summed E-state index contributed by atoms with van der Waals surface area (Å²) in [5.41, 5.74) is 0.318. The molecule has 0 unspecified atom stereocenters. The Morgan fingerprint density at radius 1 is 1.11 bits per heavy atom. The molecule has 12 nitrogen and oxygen atoms in total. The fourth-order valence-corrected chi connectivity index (χ4v) is 3.27. The molecule has 180 valence electrons. The van der Waals surface area contributed by atoms with Gasteiger partial charge in [0, 0.05) is 17.7 Å². The number of halogens is 1. The molecule has 2 heterocycles. The summed E-state index contributed by atoms with van der Waals surface area (Å²) in [6, 6.07) is 11.4. The molecule has 4 aromatic rings. The molecule has 0 radical (unpaired) electrons. The van der Waals surface area contributed by atoms with Gasteiger partial charge in [-0.25, -0.2) is 4.39 Å². The Morgan fingerprint density at radius 2 is 1.89 bits per heavy atom. The Labute approximate surface area is 197 Å². The summed E-state index contributed by atoms with van der Waals surface area (Å²) in [6.45, 7) is 0.0474. The number of amides is 1. The Kier molecular flexibility index (Phi) is 6.66. The number of nitrogens with one attached hydrogen (secondary N) is 1. The van der Waals surface area contributed by atoms with Gasteiger partial charge in [0.15, 0.2) is 23.0 Å². The van der Waals surface area contributed by atoms with Crippen LogP contribution in [0.4, 0.5) is 10.1 Å². The van der Waals surface area contributed by atoms with Crippen molar-refractivity contribution in [3.05, 3.63) is 70.0 Å². The number of nitrogens with zero attached hydrogens (tertiary/aromatic N) is 5. The highest BCUT2D eigenvalue weighted by Crippen LogP contribution is 2.34. The lowest BCUT2D eigenvalue weighted by atomic mass is 10.1. The average molecular weight is 482 g/mol. The van der Waals surface area contributed by atoms with Gasteiger partial charge in [-0.1, -0.05) is 12.1 Å². The highest BCUT2D eigenvalue weighted by molar-refractivity contribution is 5.99. The van der Waals surface area contributed by atoms with Crippen LogP contribution in [0.3, 0.4) is 0 Å². The zero-order valence-corrected chi connectivity index (χ0v) is 18.6. The molecular weight excluding hydrogens is 463 g/mol. The molecule has 0 aliphatic carbocycles. The highest BCUT2D eigenvalue weighted by Gasteiger charge is 2.24. The lowest BCUT2D eigenvalue weighted by molar-refractivity contribution is -0.385. The SMILES string of the molecule is COc1cc(C(=O)NCCOc2ccc3nnc(-c4cccc(F)c4)n3n2)c([N+](=O)[O-])cc1OC. The van der Waals surface area contributed by atoms with Crippen LogP contribution in [0.15, 0.2) is 48.5 Å². The van der Waals surface area contributed by atoms with E-state index in [-0.39, 0.29) is 36.1 Å². The molecule has 1 N–H and O–H groups in total. The van der Waals surface area contributed by atoms with Crippen LogP contribution in [-0.4, -0.2) is 58.0 Å². The van der Waals surface area contributed by atoms with Crippen molar-refractivity contribution in [3.63, 3.8) is 0 Å². The first-order valence-electron chi connectivity index (χ1n) is 10.2. The van der Waals surface area contributed by atoms with Gasteiger partial charge in [0.25, 0.3) is 11.6 Å². The molecule has 35 heavy (non-hydrogen) atoms. The number of nitro benzene ring substituents is 1. The van der Waals surface area contributed by atoms with Gasteiger partial charge >= 0.3 is 0 Å². The molecule has 2 aromatic heterocycles. The van der Waals surface area contributed by atoms with Crippen molar-refractivity contribution in [1.82, 2.24) is 25.1 Å². The van der Waals surface area contributed by atoms with Crippen molar-refractivity contribution in [2.45, 2.75) is 0 Å². The molecule has 0 aliphatic heterocycles. The second-order valence-electron chi connectivity index (χ2n) is 7.06. The normalized spacial score (nSPS) is 10.7. The molecular formula is C22H19FN6O6. The van der Waals surface area contributed by atoms with E-state index < -0.39 is 22.3 Å². The number of ether oxygens (including phenoxy) is 3. The number of hydrogen-bond donors (Lipinski definition) is 1. The number of hydrogen-bond acceptors (Lipinski definition) is 9. The highest BCUT2D eigenvalue weighted by atomic mass is 19.1. The Bertz CT molecular complexity index is 1410. The molecule has 4 rings (SSSR count). The average Bonchev–Trinajstić information content (AvgIpc) is 3.28. The lowest BCUT2D eigenvalue weighted by Crippen LogP contribution is -2.28. The second-order valence-corrected chi connectivity index (χ2v) is 7.06. The number of fused-ring (bicyclic) bond motifs is 1. The van der Waals surface area contributed by atoms with Crippen molar-refractivity contribution in [2.75, 3.05) is 27.4 Å². The number of nitro groups is 1. The lowest BCUT2D eigenvalue weighted by Gasteiger charge is -2.11. The van der Waals surface area contributed by atoms with E-state index in [2.05, 4.69) is 20.6 Å². The summed E-state index contributed by atoms with van der Waals surface area (Å²) in [4.78, 5) is 23.3. The first-order valence-corrected chi connectivity index (χ1v) is 10.2. The van der Waals surface area contributed by atoms with Gasteiger partial charge in [-0.2, -0.15) is 4.52 Å². The molecule has 0 atom stereocenters. The molecule has 0 spiro atoms. The third kappa shape index (κ3) is 4.93. The summed E-state index contributed by atoms with van der Waals surface area (Å²) < 4.78 is 30.8. The number of methoxy groups -OCH3 is 2. The first kappa shape index (κ1) is 23.4.